The zero-order chi connectivity index (χ0) is 15.0. The zero-order valence-corrected chi connectivity index (χ0v) is 13.9. The molecule has 2 N–H and O–H groups in total. The highest BCUT2D eigenvalue weighted by atomic mass is 16.5. The first-order chi connectivity index (χ1) is 9.27. The summed E-state index contributed by atoms with van der Waals surface area (Å²) < 4.78 is 12.1. The van der Waals surface area contributed by atoms with Crippen molar-refractivity contribution in [2.75, 3.05) is 7.11 Å². The summed E-state index contributed by atoms with van der Waals surface area (Å²) in [6.45, 7) is 8.70. The van der Waals surface area contributed by atoms with Crippen LogP contribution in [0.15, 0.2) is 0 Å². The lowest BCUT2D eigenvalue weighted by Crippen LogP contribution is -2.51. The molecule has 0 bridgehead atoms. The van der Waals surface area contributed by atoms with Gasteiger partial charge in [-0.05, 0) is 52.9 Å². The Morgan fingerprint density at radius 2 is 1.70 bits per heavy atom. The standard InChI is InChI=1S/C17H33NO2/c1-16(2)11-13(17(3,4)20-16)14(18)15(19-5)12-9-7-6-8-10-12/h12-15H,6-11,18H2,1-5H3. The Kier molecular flexibility index (Phi) is 4.83. The van der Waals surface area contributed by atoms with Gasteiger partial charge in [-0.2, -0.15) is 0 Å². The van der Waals surface area contributed by atoms with Crippen LogP contribution >= 0.6 is 0 Å². The van der Waals surface area contributed by atoms with Crippen LogP contribution in [0, 0.1) is 11.8 Å². The molecular formula is C17H33NO2. The SMILES string of the molecule is COC(C1CCCCC1)C(N)C1CC(C)(C)OC1(C)C. The molecule has 3 nitrogen and oxygen atoms in total. The third-order valence-corrected chi connectivity index (χ3v) is 5.37. The first-order valence-electron chi connectivity index (χ1n) is 8.25. The van der Waals surface area contributed by atoms with E-state index in [2.05, 4.69) is 27.7 Å². The minimum absolute atomic E-state index is 0.0693. The van der Waals surface area contributed by atoms with E-state index in [0.717, 1.165) is 6.42 Å². The van der Waals surface area contributed by atoms with Gasteiger partial charge in [-0.3, -0.25) is 0 Å². The molecule has 0 aromatic heterocycles. The van der Waals surface area contributed by atoms with E-state index in [1.54, 1.807) is 0 Å². The zero-order valence-electron chi connectivity index (χ0n) is 13.9. The molecule has 1 aliphatic heterocycles. The van der Waals surface area contributed by atoms with Gasteiger partial charge in [0.1, 0.15) is 0 Å². The predicted octanol–water partition coefficient (Wildman–Crippen LogP) is 3.50. The molecule has 0 aromatic rings. The minimum atomic E-state index is -0.158. The molecule has 0 spiro atoms. The molecule has 1 saturated carbocycles. The highest BCUT2D eigenvalue weighted by molar-refractivity contribution is 5.01. The number of rotatable bonds is 4. The number of methoxy groups -OCH3 is 1. The smallest absolute Gasteiger partial charge is 0.0754 e. The fourth-order valence-corrected chi connectivity index (χ4v) is 4.56. The van der Waals surface area contributed by atoms with Crippen LogP contribution in [0.25, 0.3) is 0 Å². The van der Waals surface area contributed by atoms with Crippen molar-refractivity contribution in [3.8, 4) is 0 Å². The van der Waals surface area contributed by atoms with Crippen LogP contribution < -0.4 is 5.73 Å². The summed E-state index contributed by atoms with van der Waals surface area (Å²) in [6, 6.07) is 0.0693. The molecule has 0 amide bonds. The Morgan fingerprint density at radius 1 is 1.10 bits per heavy atom. The molecule has 2 rings (SSSR count). The topological polar surface area (TPSA) is 44.5 Å². The van der Waals surface area contributed by atoms with Crippen LogP contribution in [-0.2, 0) is 9.47 Å². The Balaban J connectivity index is 2.09. The third-order valence-electron chi connectivity index (χ3n) is 5.37. The lowest BCUT2D eigenvalue weighted by Gasteiger charge is -2.39. The summed E-state index contributed by atoms with van der Waals surface area (Å²) in [5.74, 6) is 0.993. The van der Waals surface area contributed by atoms with Gasteiger partial charge >= 0.3 is 0 Å². The van der Waals surface area contributed by atoms with Gasteiger partial charge in [0, 0.05) is 19.1 Å². The summed E-state index contributed by atoms with van der Waals surface area (Å²) >= 11 is 0. The number of ether oxygens (including phenoxy) is 2. The van der Waals surface area contributed by atoms with Crippen molar-refractivity contribution in [3.63, 3.8) is 0 Å². The van der Waals surface area contributed by atoms with Crippen molar-refractivity contribution in [1.29, 1.82) is 0 Å². The van der Waals surface area contributed by atoms with Gasteiger partial charge in [-0.25, -0.2) is 0 Å². The third kappa shape index (κ3) is 3.37. The van der Waals surface area contributed by atoms with Crippen molar-refractivity contribution in [2.24, 2.45) is 17.6 Å². The lowest BCUT2D eigenvalue weighted by molar-refractivity contribution is -0.0858. The van der Waals surface area contributed by atoms with E-state index in [9.17, 15) is 0 Å². The van der Waals surface area contributed by atoms with Gasteiger partial charge in [-0.1, -0.05) is 19.3 Å². The number of hydrogen-bond acceptors (Lipinski definition) is 3. The second-order valence-corrected chi connectivity index (χ2v) is 7.95. The summed E-state index contributed by atoms with van der Waals surface area (Å²) in [7, 11) is 1.83. The Bertz CT molecular complexity index is 321. The largest absolute Gasteiger partial charge is 0.380 e. The van der Waals surface area contributed by atoms with E-state index < -0.39 is 0 Å². The molecule has 3 unspecified atom stereocenters. The van der Waals surface area contributed by atoms with Crippen LogP contribution in [0.3, 0.4) is 0 Å². The molecule has 20 heavy (non-hydrogen) atoms. The van der Waals surface area contributed by atoms with Crippen LogP contribution in [-0.4, -0.2) is 30.5 Å². The molecule has 0 radical (unpaired) electrons. The van der Waals surface area contributed by atoms with Crippen LogP contribution in [0.4, 0.5) is 0 Å². The lowest BCUT2D eigenvalue weighted by atomic mass is 9.74. The van der Waals surface area contributed by atoms with E-state index in [-0.39, 0.29) is 23.3 Å². The molecule has 1 heterocycles. The molecule has 1 saturated heterocycles. The Labute approximate surface area is 124 Å². The van der Waals surface area contributed by atoms with Crippen molar-refractivity contribution in [1.82, 2.24) is 0 Å². The fourth-order valence-electron chi connectivity index (χ4n) is 4.56. The molecule has 2 fully saturated rings. The normalized spacial score (nSPS) is 33.0. The maximum atomic E-state index is 6.66. The molecule has 3 atom stereocenters. The summed E-state index contributed by atoms with van der Waals surface area (Å²) in [6.07, 6.45) is 7.76. The summed E-state index contributed by atoms with van der Waals surface area (Å²) in [5, 5.41) is 0. The highest BCUT2D eigenvalue weighted by Gasteiger charge is 2.50. The number of nitrogens with two attached hydrogens (primary N) is 1. The monoisotopic (exact) mass is 283 g/mol. The number of hydrogen-bond donors (Lipinski definition) is 1. The molecule has 1 aliphatic carbocycles. The molecule has 2 aliphatic rings. The van der Waals surface area contributed by atoms with E-state index >= 15 is 0 Å². The first kappa shape index (κ1) is 16.3. The quantitative estimate of drug-likeness (QED) is 0.859. The second kappa shape index (κ2) is 5.94. The average molecular weight is 283 g/mol. The van der Waals surface area contributed by atoms with Crippen LogP contribution in [0.5, 0.6) is 0 Å². The van der Waals surface area contributed by atoms with Gasteiger partial charge in [-0.15, -0.1) is 0 Å². The van der Waals surface area contributed by atoms with Crippen molar-refractivity contribution in [3.05, 3.63) is 0 Å². The fraction of sp³-hybridized carbons (Fsp3) is 1.00. The maximum absolute atomic E-state index is 6.66. The summed E-state index contributed by atoms with van der Waals surface area (Å²) in [4.78, 5) is 0. The van der Waals surface area contributed by atoms with Gasteiger partial charge in [0.2, 0.25) is 0 Å². The van der Waals surface area contributed by atoms with Crippen LogP contribution in [0.1, 0.15) is 66.2 Å². The van der Waals surface area contributed by atoms with E-state index in [0.29, 0.717) is 11.8 Å². The van der Waals surface area contributed by atoms with E-state index in [4.69, 9.17) is 15.2 Å². The minimum Gasteiger partial charge on any atom is -0.380 e. The highest BCUT2D eigenvalue weighted by Crippen LogP contribution is 2.45. The van der Waals surface area contributed by atoms with E-state index in [1.807, 2.05) is 7.11 Å². The van der Waals surface area contributed by atoms with Gasteiger partial charge in [0.25, 0.3) is 0 Å². The van der Waals surface area contributed by atoms with Crippen LogP contribution in [0.2, 0.25) is 0 Å². The summed E-state index contributed by atoms with van der Waals surface area (Å²) in [5.41, 5.74) is 6.43. The average Bonchev–Trinajstić information content (AvgIpc) is 2.59. The Hall–Kier alpha value is -0.120. The molecule has 0 aromatic carbocycles. The Morgan fingerprint density at radius 3 is 2.15 bits per heavy atom. The van der Waals surface area contributed by atoms with Gasteiger partial charge in [0.15, 0.2) is 0 Å². The van der Waals surface area contributed by atoms with Gasteiger partial charge < -0.3 is 15.2 Å². The maximum Gasteiger partial charge on any atom is 0.0754 e. The molecular weight excluding hydrogens is 250 g/mol. The van der Waals surface area contributed by atoms with E-state index in [1.165, 1.54) is 32.1 Å². The van der Waals surface area contributed by atoms with Crippen molar-refractivity contribution >= 4 is 0 Å². The van der Waals surface area contributed by atoms with Gasteiger partial charge in [0.05, 0.1) is 17.3 Å². The molecule has 118 valence electrons. The molecule has 3 heteroatoms. The predicted molar refractivity (Wildman–Crippen MR) is 82.7 cm³/mol. The first-order valence-corrected chi connectivity index (χ1v) is 8.25. The second-order valence-electron chi connectivity index (χ2n) is 7.95. The van der Waals surface area contributed by atoms with Crippen molar-refractivity contribution in [2.45, 2.75) is 89.6 Å². The van der Waals surface area contributed by atoms with Crippen molar-refractivity contribution < 1.29 is 9.47 Å².